The van der Waals surface area contributed by atoms with Crippen molar-refractivity contribution in [3.05, 3.63) is 92.6 Å². The highest BCUT2D eigenvalue weighted by Crippen LogP contribution is 2.35. The number of amides is 2. The van der Waals surface area contributed by atoms with E-state index in [1.807, 2.05) is 6.07 Å². The number of carbonyl (C=O) groups is 3. The Morgan fingerprint density at radius 2 is 1.98 bits per heavy atom. The van der Waals surface area contributed by atoms with Crippen LogP contribution in [0.5, 0.6) is 0 Å². The third-order valence-corrected chi connectivity index (χ3v) is 8.70. The van der Waals surface area contributed by atoms with E-state index in [0.717, 1.165) is 22.7 Å². The van der Waals surface area contributed by atoms with Crippen molar-refractivity contribution in [2.24, 2.45) is 0 Å². The van der Waals surface area contributed by atoms with E-state index in [9.17, 15) is 22.8 Å². The predicted octanol–water partition coefficient (Wildman–Crippen LogP) is 4.01. The highest BCUT2D eigenvalue weighted by Gasteiger charge is 2.28. The van der Waals surface area contributed by atoms with Crippen LogP contribution in [0.1, 0.15) is 37.4 Å². The molecule has 1 aliphatic rings. The number of hydrogen-bond donors (Lipinski definition) is 2. The quantitative estimate of drug-likeness (QED) is 0.309. The molecule has 0 radical (unpaired) electrons. The van der Waals surface area contributed by atoms with Gasteiger partial charge in [-0.25, -0.2) is 8.42 Å². The second-order valence-electron chi connectivity index (χ2n) is 9.67. The van der Waals surface area contributed by atoms with Crippen LogP contribution in [0.3, 0.4) is 0 Å². The van der Waals surface area contributed by atoms with Gasteiger partial charge in [-0.3, -0.25) is 14.7 Å². The first-order valence-electron chi connectivity index (χ1n) is 12.3. The molecule has 1 aromatic heterocycles. The summed E-state index contributed by atoms with van der Waals surface area (Å²) in [6.45, 7) is 0.660. The number of aromatic nitrogens is 2. The maximum atomic E-state index is 13.2. The standard InChI is InChI=1S/C28H24Cl2N4O5S/c1-40(38,39)21-4-2-3-16(10-21)9-20(15-35)32-27(36)25-23(29)11-19-14-34(8-7-22(19)26(25)30)28(37)17-5-6-18-13-31-33-24(18)12-17/h2-6,10-13,15,20H,7-9,14H2,1H3,(H,31,33)(H,32,36)/t20-/m0/s1. The minimum atomic E-state index is -3.42. The molecule has 5 rings (SSSR count). The molecule has 12 heteroatoms. The lowest BCUT2D eigenvalue weighted by Crippen LogP contribution is -2.39. The zero-order valence-corrected chi connectivity index (χ0v) is 23.6. The summed E-state index contributed by atoms with van der Waals surface area (Å²) in [4.78, 5) is 40.0. The predicted molar refractivity (Wildman–Crippen MR) is 152 cm³/mol. The van der Waals surface area contributed by atoms with E-state index in [-0.39, 0.29) is 39.4 Å². The van der Waals surface area contributed by atoms with E-state index in [1.165, 1.54) is 12.1 Å². The highest BCUT2D eigenvalue weighted by atomic mass is 35.5. The number of nitrogens with zero attached hydrogens (tertiary/aromatic N) is 2. The smallest absolute Gasteiger partial charge is 0.254 e. The van der Waals surface area contributed by atoms with Gasteiger partial charge >= 0.3 is 0 Å². The Hall–Kier alpha value is -3.73. The van der Waals surface area contributed by atoms with Crippen LogP contribution in [0.15, 0.2) is 59.6 Å². The molecule has 3 aromatic carbocycles. The van der Waals surface area contributed by atoms with Crippen molar-refractivity contribution in [3.8, 4) is 0 Å². The lowest BCUT2D eigenvalue weighted by atomic mass is 9.95. The fourth-order valence-corrected chi connectivity index (χ4v) is 6.27. The second kappa shape index (κ2) is 11.0. The zero-order chi connectivity index (χ0) is 28.6. The molecule has 0 saturated carbocycles. The van der Waals surface area contributed by atoms with Crippen molar-refractivity contribution >= 4 is 62.0 Å². The van der Waals surface area contributed by atoms with Gasteiger partial charge < -0.3 is 15.0 Å². The Labute approximate surface area is 240 Å². The summed E-state index contributed by atoms with van der Waals surface area (Å²) in [7, 11) is -3.42. The largest absolute Gasteiger partial charge is 0.342 e. The number of halogens is 2. The van der Waals surface area contributed by atoms with Crippen molar-refractivity contribution in [2.45, 2.75) is 30.3 Å². The van der Waals surface area contributed by atoms with Gasteiger partial charge in [-0.05, 0) is 59.9 Å². The van der Waals surface area contributed by atoms with Crippen molar-refractivity contribution in [1.82, 2.24) is 20.4 Å². The molecule has 2 N–H and O–H groups in total. The number of H-pyrrole nitrogens is 1. The van der Waals surface area contributed by atoms with E-state index in [2.05, 4.69) is 15.5 Å². The van der Waals surface area contributed by atoms with E-state index < -0.39 is 21.8 Å². The molecule has 2 amide bonds. The number of hydrogen-bond acceptors (Lipinski definition) is 6. The van der Waals surface area contributed by atoms with Crippen LogP contribution in [-0.2, 0) is 34.0 Å². The summed E-state index contributed by atoms with van der Waals surface area (Å²) < 4.78 is 23.7. The van der Waals surface area contributed by atoms with Crippen LogP contribution < -0.4 is 5.32 Å². The number of aromatic amines is 1. The number of sulfone groups is 1. The van der Waals surface area contributed by atoms with Crippen molar-refractivity contribution in [2.75, 3.05) is 12.8 Å². The molecule has 0 aliphatic carbocycles. The molecule has 4 aromatic rings. The lowest BCUT2D eigenvalue weighted by Gasteiger charge is -2.30. The monoisotopic (exact) mass is 598 g/mol. The van der Waals surface area contributed by atoms with Crippen molar-refractivity contribution < 1.29 is 22.8 Å². The van der Waals surface area contributed by atoms with Crippen molar-refractivity contribution in [3.63, 3.8) is 0 Å². The summed E-state index contributed by atoms with van der Waals surface area (Å²) >= 11 is 13.2. The van der Waals surface area contributed by atoms with Crippen LogP contribution in [0.2, 0.25) is 10.0 Å². The second-order valence-corrected chi connectivity index (χ2v) is 12.5. The fourth-order valence-electron chi connectivity index (χ4n) is 4.82. The van der Waals surface area contributed by atoms with E-state index in [1.54, 1.807) is 41.4 Å². The number of rotatable bonds is 7. The number of aldehydes is 1. The molecule has 0 unspecified atom stereocenters. The van der Waals surface area contributed by atoms with Gasteiger partial charge in [-0.2, -0.15) is 5.10 Å². The third-order valence-electron chi connectivity index (χ3n) is 6.87. The average Bonchev–Trinajstić information content (AvgIpc) is 3.39. The fraction of sp³-hybridized carbons (Fsp3) is 0.214. The van der Waals surface area contributed by atoms with E-state index >= 15 is 0 Å². The van der Waals surface area contributed by atoms with Gasteiger partial charge in [0.2, 0.25) is 0 Å². The van der Waals surface area contributed by atoms with Gasteiger partial charge in [0.1, 0.15) is 6.29 Å². The SMILES string of the molecule is CS(=O)(=O)c1cccc(C[C@@H](C=O)NC(=O)c2c(Cl)cc3c(c2Cl)CCN(C(=O)c2ccc4cn[nH]c4c2)C3)c1. The molecular weight excluding hydrogens is 575 g/mol. The van der Waals surface area contributed by atoms with Crippen LogP contribution >= 0.6 is 23.2 Å². The Bertz CT molecular complexity index is 1770. The minimum Gasteiger partial charge on any atom is -0.342 e. The molecule has 2 heterocycles. The summed E-state index contributed by atoms with van der Waals surface area (Å²) in [5, 5.41) is 10.7. The molecule has 0 fully saturated rings. The van der Waals surface area contributed by atoms with Crippen molar-refractivity contribution in [1.29, 1.82) is 0 Å². The zero-order valence-electron chi connectivity index (χ0n) is 21.3. The van der Waals surface area contributed by atoms with Gasteiger partial charge in [-0.15, -0.1) is 0 Å². The van der Waals surface area contributed by atoms with Crippen LogP contribution in [-0.4, -0.2) is 60.5 Å². The average molecular weight is 599 g/mol. The van der Waals surface area contributed by atoms with E-state index in [0.29, 0.717) is 35.9 Å². The van der Waals surface area contributed by atoms with Gasteiger partial charge in [0.05, 0.1) is 38.3 Å². The molecular formula is C28H24Cl2N4O5S. The maximum absolute atomic E-state index is 13.2. The number of benzene rings is 3. The Morgan fingerprint density at radius 3 is 2.73 bits per heavy atom. The van der Waals surface area contributed by atoms with E-state index in [4.69, 9.17) is 23.2 Å². The first kappa shape index (κ1) is 27.8. The Balaban J connectivity index is 1.33. The Kier molecular flexibility index (Phi) is 7.67. The number of nitrogens with one attached hydrogen (secondary N) is 2. The topological polar surface area (TPSA) is 129 Å². The lowest BCUT2D eigenvalue weighted by molar-refractivity contribution is -0.109. The summed E-state index contributed by atoms with van der Waals surface area (Å²) in [6, 6.07) is 12.2. The molecule has 40 heavy (non-hydrogen) atoms. The first-order chi connectivity index (χ1) is 19.0. The Morgan fingerprint density at radius 1 is 1.18 bits per heavy atom. The summed E-state index contributed by atoms with van der Waals surface area (Å²) in [6.07, 6.45) is 3.86. The normalized spacial score (nSPS) is 14.0. The molecule has 0 saturated heterocycles. The van der Waals surface area contributed by atoms with Crippen LogP contribution in [0.4, 0.5) is 0 Å². The first-order valence-corrected chi connectivity index (χ1v) is 15.0. The van der Waals surface area contributed by atoms with Gasteiger partial charge in [0, 0.05) is 30.3 Å². The molecule has 0 spiro atoms. The molecule has 9 nitrogen and oxygen atoms in total. The van der Waals surface area contributed by atoms with Gasteiger partial charge in [0.25, 0.3) is 11.8 Å². The van der Waals surface area contributed by atoms with Crippen LogP contribution in [0.25, 0.3) is 10.9 Å². The number of fused-ring (bicyclic) bond motifs is 2. The molecule has 206 valence electrons. The molecule has 1 atom stereocenters. The van der Waals surface area contributed by atoms with Gasteiger partial charge in [-0.1, -0.05) is 41.4 Å². The van der Waals surface area contributed by atoms with Gasteiger partial charge in [0.15, 0.2) is 9.84 Å². The summed E-state index contributed by atoms with van der Waals surface area (Å²) in [5.41, 5.74) is 3.35. The number of carbonyl (C=O) groups excluding carboxylic acids is 3. The molecule has 0 bridgehead atoms. The molecule has 1 aliphatic heterocycles. The maximum Gasteiger partial charge on any atom is 0.254 e. The highest BCUT2D eigenvalue weighted by molar-refractivity contribution is 7.90. The third kappa shape index (κ3) is 5.60. The van der Waals surface area contributed by atoms with Crippen LogP contribution in [0, 0.1) is 0 Å². The minimum absolute atomic E-state index is 0.0447. The summed E-state index contributed by atoms with van der Waals surface area (Å²) in [5.74, 6) is -0.773.